The van der Waals surface area contributed by atoms with Crippen molar-refractivity contribution < 1.29 is 18.8 Å². The Morgan fingerprint density at radius 1 is 1.39 bits per heavy atom. The van der Waals surface area contributed by atoms with Gasteiger partial charge in [0.25, 0.3) is 11.6 Å². The summed E-state index contributed by atoms with van der Waals surface area (Å²) >= 11 is 6.14. The fraction of sp³-hybridized carbons (Fsp3) is 0.476. The van der Waals surface area contributed by atoms with E-state index >= 15 is 0 Å². The van der Waals surface area contributed by atoms with E-state index in [4.69, 9.17) is 22.1 Å². The SMILES string of the molecule is COCC(O)CN1CCC(C[n+]2c(-c3c[nH]c4ncc(Cl)cc34)ncc(F)c2N)CC1. The predicted octanol–water partition coefficient (Wildman–Crippen LogP) is 2.01. The van der Waals surface area contributed by atoms with Crippen molar-refractivity contribution in [1.82, 2.24) is 19.9 Å². The van der Waals surface area contributed by atoms with Crippen LogP contribution < -0.4 is 10.3 Å². The number of nitrogens with one attached hydrogen (secondary N) is 1. The third-order valence-corrected chi connectivity index (χ3v) is 6.01. The van der Waals surface area contributed by atoms with Crippen LogP contribution in [0.4, 0.5) is 10.2 Å². The second-order valence-corrected chi connectivity index (χ2v) is 8.47. The number of likely N-dealkylation sites (tertiary alicyclic amines) is 1. The number of aliphatic hydroxyl groups is 1. The van der Waals surface area contributed by atoms with Crippen molar-refractivity contribution in [2.75, 3.05) is 39.1 Å². The molecule has 0 aromatic carbocycles. The van der Waals surface area contributed by atoms with Crippen LogP contribution in [-0.2, 0) is 11.3 Å². The topological polar surface area (TPSA) is 104 Å². The van der Waals surface area contributed by atoms with Crippen LogP contribution in [0, 0.1) is 11.7 Å². The number of pyridine rings is 1. The second kappa shape index (κ2) is 9.44. The average molecular weight is 450 g/mol. The monoisotopic (exact) mass is 449 g/mol. The first-order valence-corrected chi connectivity index (χ1v) is 10.7. The lowest BCUT2D eigenvalue weighted by Gasteiger charge is -2.32. The Balaban J connectivity index is 1.55. The van der Waals surface area contributed by atoms with E-state index in [9.17, 15) is 9.50 Å². The zero-order valence-corrected chi connectivity index (χ0v) is 18.1. The fourth-order valence-corrected chi connectivity index (χ4v) is 4.37. The van der Waals surface area contributed by atoms with Crippen molar-refractivity contribution >= 4 is 28.5 Å². The molecule has 0 bridgehead atoms. The van der Waals surface area contributed by atoms with Crippen LogP contribution in [0.15, 0.2) is 24.7 Å². The molecular weight excluding hydrogens is 423 g/mol. The van der Waals surface area contributed by atoms with Crippen molar-refractivity contribution in [3.05, 3.63) is 35.5 Å². The summed E-state index contributed by atoms with van der Waals surface area (Å²) in [7, 11) is 1.58. The number of hydrogen-bond acceptors (Lipinski definition) is 6. The number of fused-ring (bicyclic) bond motifs is 1. The molecule has 31 heavy (non-hydrogen) atoms. The summed E-state index contributed by atoms with van der Waals surface area (Å²) in [5.41, 5.74) is 7.60. The Morgan fingerprint density at radius 2 is 2.16 bits per heavy atom. The van der Waals surface area contributed by atoms with Gasteiger partial charge in [-0.25, -0.2) is 9.55 Å². The summed E-state index contributed by atoms with van der Waals surface area (Å²) in [4.78, 5) is 14.0. The Hall–Kier alpha value is -2.33. The molecule has 8 nitrogen and oxygen atoms in total. The Morgan fingerprint density at radius 3 is 2.90 bits per heavy atom. The molecule has 4 rings (SSSR count). The van der Waals surface area contributed by atoms with E-state index in [1.165, 1.54) is 0 Å². The number of hydrogen-bond donors (Lipinski definition) is 3. The van der Waals surface area contributed by atoms with Gasteiger partial charge in [0.1, 0.15) is 11.8 Å². The largest absolute Gasteiger partial charge is 0.389 e. The van der Waals surface area contributed by atoms with Crippen LogP contribution in [0.2, 0.25) is 5.02 Å². The van der Waals surface area contributed by atoms with Crippen molar-refractivity contribution in [3.63, 3.8) is 0 Å². The number of ether oxygens (including phenoxy) is 1. The van der Waals surface area contributed by atoms with E-state index < -0.39 is 11.9 Å². The number of nitrogens with two attached hydrogens (primary N) is 1. The molecule has 1 unspecified atom stereocenters. The Bertz CT molecular complexity index is 1050. The van der Waals surface area contributed by atoms with Crippen LogP contribution in [0.25, 0.3) is 22.4 Å². The molecule has 3 aromatic heterocycles. The van der Waals surface area contributed by atoms with Gasteiger partial charge in [-0.05, 0) is 37.9 Å². The molecule has 1 aliphatic rings. The zero-order chi connectivity index (χ0) is 22.0. The maximum Gasteiger partial charge on any atom is 0.272 e. The summed E-state index contributed by atoms with van der Waals surface area (Å²) in [5, 5.41) is 11.3. The van der Waals surface area contributed by atoms with E-state index in [0.29, 0.717) is 42.1 Å². The number of aromatic amines is 1. The molecule has 1 aliphatic heterocycles. The minimum atomic E-state index is -0.542. The third-order valence-electron chi connectivity index (χ3n) is 5.81. The van der Waals surface area contributed by atoms with E-state index in [1.807, 2.05) is 6.07 Å². The number of aromatic nitrogens is 4. The first-order valence-electron chi connectivity index (χ1n) is 10.3. The first-order chi connectivity index (χ1) is 15.0. The predicted molar refractivity (Wildman–Crippen MR) is 116 cm³/mol. The minimum Gasteiger partial charge on any atom is -0.389 e. The molecule has 0 aliphatic carbocycles. The van der Waals surface area contributed by atoms with Gasteiger partial charge in [-0.2, -0.15) is 4.39 Å². The van der Waals surface area contributed by atoms with Gasteiger partial charge in [0, 0.05) is 31.4 Å². The van der Waals surface area contributed by atoms with Crippen molar-refractivity contribution in [2.24, 2.45) is 5.92 Å². The molecule has 1 atom stereocenters. The van der Waals surface area contributed by atoms with Gasteiger partial charge < -0.3 is 25.5 Å². The lowest BCUT2D eigenvalue weighted by Crippen LogP contribution is -2.47. The highest BCUT2D eigenvalue weighted by Crippen LogP contribution is 2.28. The number of rotatable bonds is 7. The normalized spacial score (nSPS) is 16.8. The van der Waals surface area contributed by atoms with Crippen molar-refractivity contribution in [2.45, 2.75) is 25.5 Å². The lowest BCUT2D eigenvalue weighted by molar-refractivity contribution is -0.682. The molecule has 4 heterocycles. The number of nitrogen functional groups attached to an aromatic ring is 1. The highest BCUT2D eigenvalue weighted by atomic mass is 35.5. The number of H-pyrrole nitrogens is 1. The van der Waals surface area contributed by atoms with E-state index in [1.54, 1.807) is 24.1 Å². The maximum absolute atomic E-state index is 14.3. The van der Waals surface area contributed by atoms with Gasteiger partial charge in [-0.3, -0.25) is 0 Å². The first kappa shape index (κ1) is 21.9. The number of aliphatic hydroxyl groups excluding tert-OH is 1. The highest BCUT2D eigenvalue weighted by Gasteiger charge is 2.28. The van der Waals surface area contributed by atoms with Gasteiger partial charge >= 0.3 is 0 Å². The smallest absolute Gasteiger partial charge is 0.272 e. The molecule has 4 N–H and O–H groups in total. The molecule has 166 valence electrons. The molecule has 0 radical (unpaired) electrons. The average Bonchev–Trinajstić information content (AvgIpc) is 3.16. The Labute approximate surface area is 184 Å². The quantitative estimate of drug-likeness (QED) is 0.477. The lowest BCUT2D eigenvalue weighted by atomic mass is 9.96. The summed E-state index contributed by atoms with van der Waals surface area (Å²) in [6.45, 7) is 3.19. The third kappa shape index (κ3) is 4.79. The fourth-order valence-electron chi connectivity index (χ4n) is 4.21. The molecule has 3 aromatic rings. The van der Waals surface area contributed by atoms with Crippen LogP contribution >= 0.6 is 11.6 Å². The van der Waals surface area contributed by atoms with Gasteiger partial charge in [-0.15, -0.1) is 4.98 Å². The number of piperidine rings is 1. The van der Waals surface area contributed by atoms with Gasteiger partial charge in [0.05, 0.1) is 29.8 Å². The number of β-amino-alcohol motifs (C(OH)–C–C–N with tert-alkyl or cyclic N) is 1. The molecule has 1 saturated heterocycles. The number of methoxy groups -OCH3 is 1. The van der Waals surface area contributed by atoms with Crippen LogP contribution in [-0.4, -0.2) is 64.4 Å². The van der Waals surface area contributed by atoms with Gasteiger partial charge in [0.15, 0.2) is 0 Å². The van der Waals surface area contributed by atoms with Gasteiger partial charge in [0.2, 0.25) is 5.82 Å². The van der Waals surface area contributed by atoms with Crippen LogP contribution in [0.5, 0.6) is 0 Å². The number of anilines is 1. The zero-order valence-electron chi connectivity index (χ0n) is 17.4. The molecule has 0 spiro atoms. The highest BCUT2D eigenvalue weighted by molar-refractivity contribution is 6.31. The van der Waals surface area contributed by atoms with Crippen LogP contribution in [0.3, 0.4) is 0 Å². The summed E-state index contributed by atoms with van der Waals surface area (Å²) in [5.74, 6) is 0.414. The summed E-state index contributed by atoms with van der Waals surface area (Å²) < 4.78 is 21.1. The molecule has 0 amide bonds. The summed E-state index contributed by atoms with van der Waals surface area (Å²) in [6.07, 6.45) is 5.86. The molecule has 0 saturated carbocycles. The minimum absolute atomic E-state index is 0.0623. The van der Waals surface area contributed by atoms with E-state index in [2.05, 4.69) is 19.9 Å². The van der Waals surface area contributed by atoms with Gasteiger partial charge in [-0.1, -0.05) is 11.6 Å². The van der Waals surface area contributed by atoms with E-state index in [0.717, 1.165) is 43.1 Å². The summed E-state index contributed by atoms with van der Waals surface area (Å²) in [6, 6.07) is 1.81. The molecule has 10 heteroatoms. The second-order valence-electron chi connectivity index (χ2n) is 8.03. The molecular formula is C21H27ClFN6O2+. The number of nitrogens with zero attached hydrogens (tertiary/aromatic N) is 4. The molecule has 1 fully saturated rings. The Kier molecular flexibility index (Phi) is 6.66. The van der Waals surface area contributed by atoms with E-state index in [-0.39, 0.29) is 5.82 Å². The standard InChI is InChI=1S/C21H26ClFN6O2/c1-31-12-15(30)11-28-4-2-13(3-5-28)10-29-19(24)18(23)9-27-21(29)17-8-26-20-16(17)6-14(22)7-25-20/h6-9,13,15,30H,2-5,10-12H2,1H3,(H2,24,25,26,27)/p+1. The van der Waals surface area contributed by atoms with Crippen molar-refractivity contribution in [3.8, 4) is 11.4 Å². The maximum atomic E-state index is 14.3. The van der Waals surface area contributed by atoms with Crippen LogP contribution in [0.1, 0.15) is 12.8 Å². The number of halogens is 2. The van der Waals surface area contributed by atoms with Crippen molar-refractivity contribution in [1.29, 1.82) is 0 Å².